The molecule has 0 bridgehead atoms. The molecule has 15 heavy (non-hydrogen) atoms. The zero-order chi connectivity index (χ0) is 9.54. The molecule has 1 aliphatic rings. The molecule has 2 heterocycles. The molecule has 2 aromatic rings. The van der Waals surface area contributed by atoms with Crippen molar-refractivity contribution in [3.63, 3.8) is 0 Å². The molecular formula is C11H12ClIN2. The summed E-state index contributed by atoms with van der Waals surface area (Å²) in [5.74, 6) is 0. The molecule has 1 aromatic carbocycles. The fraction of sp³-hybridized carbons (Fsp3) is 0.273. The van der Waals surface area contributed by atoms with Gasteiger partial charge in [-0.25, -0.2) is 0 Å². The lowest BCUT2D eigenvalue weighted by Crippen LogP contribution is -2.22. The number of H-pyrrole nitrogens is 1. The van der Waals surface area contributed by atoms with Crippen LogP contribution in [0.1, 0.15) is 11.3 Å². The first-order chi connectivity index (χ1) is 6.86. The maximum Gasteiger partial charge on any atom is 0.0595 e. The molecule has 0 unspecified atom stereocenters. The molecular weight excluding hydrogens is 322 g/mol. The Labute approximate surface area is 108 Å². The minimum atomic E-state index is 0. The van der Waals surface area contributed by atoms with E-state index in [0.29, 0.717) is 0 Å². The smallest absolute Gasteiger partial charge is 0.0595 e. The second-order valence-electron chi connectivity index (χ2n) is 3.67. The molecule has 0 spiro atoms. The molecule has 1 aliphatic heterocycles. The van der Waals surface area contributed by atoms with Crippen LogP contribution >= 0.6 is 35.0 Å². The zero-order valence-electron chi connectivity index (χ0n) is 8.14. The van der Waals surface area contributed by atoms with Crippen LogP contribution in [0.25, 0.3) is 10.9 Å². The average molecular weight is 335 g/mol. The molecule has 0 saturated heterocycles. The molecule has 0 amide bonds. The molecule has 2 N–H and O–H groups in total. The van der Waals surface area contributed by atoms with Gasteiger partial charge in [-0.1, -0.05) is 12.1 Å². The van der Waals surface area contributed by atoms with Crippen LogP contribution in [0.5, 0.6) is 0 Å². The van der Waals surface area contributed by atoms with E-state index in [1.54, 1.807) is 0 Å². The summed E-state index contributed by atoms with van der Waals surface area (Å²) < 4.78 is 1.31. The summed E-state index contributed by atoms with van der Waals surface area (Å²) in [5, 5.41) is 4.80. The number of para-hydroxylation sites is 1. The molecule has 0 aliphatic carbocycles. The lowest BCUT2D eigenvalue weighted by molar-refractivity contribution is 0.641. The van der Waals surface area contributed by atoms with Gasteiger partial charge in [0.1, 0.15) is 0 Å². The maximum absolute atomic E-state index is 3.54. The number of rotatable bonds is 0. The van der Waals surface area contributed by atoms with Crippen molar-refractivity contribution in [2.24, 2.45) is 0 Å². The number of hydrogen-bond donors (Lipinski definition) is 2. The number of halogens is 2. The summed E-state index contributed by atoms with van der Waals surface area (Å²) in [7, 11) is 0. The SMILES string of the molecule is Cl.Ic1cccc2c3c([nH]c12)CCNC3. The van der Waals surface area contributed by atoms with Gasteiger partial charge in [0.25, 0.3) is 0 Å². The van der Waals surface area contributed by atoms with Crippen LogP contribution < -0.4 is 5.32 Å². The van der Waals surface area contributed by atoms with Gasteiger partial charge in [-0.2, -0.15) is 0 Å². The number of nitrogens with one attached hydrogen (secondary N) is 2. The number of hydrogen-bond acceptors (Lipinski definition) is 1. The Kier molecular flexibility index (Phi) is 3.23. The van der Waals surface area contributed by atoms with Crippen molar-refractivity contribution in [2.75, 3.05) is 6.54 Å². The molecule has 1 aromatic heterocycles. The fourth-order valence-corrected chi connectivity index (χ4v) is 2.77. The second kappa shape index (κ2) is 4.31. The zero-order valence-corrected chi connectivity index (χ0v) is 11.1. The fourth-order valence-electron chi connectivity index (χ4n) is 2.13. The highest BCUT2D eigenvalue weighted by molar-refractivity contribution is 14.1. The summed E-state index contributed by atoms with van der Waals surface area (Å²) in [4.78, 5) is 3.54. The van der Waals surface area contributed by atoms with Crippen LogP contribution in [0.3, 0.4) is 0 Å². The Hall–Kier alpha value is -0.260. The standard InChI is InChI=1S/C11H11IN2.ClH/c12-9-3-1-2-7-8-6-13-5-4-10(8)14-11(7)9;/h1-3,13-14H,4-6H2;1H. The molecule has 0 saturated carbocycles. The van der Waals surface area contributed by atoms with Crippen molar-refractivity contribution in [2.45, 2.75) is 13.0 Å². The molecule has 3 rings (SSSR count). The predicted molar refractivity (Wildman–Crippen MR) is 73.7 cm³/mol. The highest BCUT2D eigenvalue weighted by Gasteiger charge is 2.15. The largest absolute Gasteiger partial charge is 0.357 e. The van der Waals surface area contributed by atoms with Crippen molar-refractivity contribution in [1.82, 2.24) is 10.3 Å². The van der Waals surface area contributed by atoms with E-state index in [-0.39, 0.29) is 12.4 Å². The second-order valence-corrected chi connectivity index (χ2v) is 4.83. The average Bonchev–Trinajstić information content (AvgIpc) is 2.59. The Bertz CT molecular complexity index is 493. The topological polar surface area (TPSA) is 27.8 Å². The minimum absolute atomic E-state index is 0. The lowest BCUT2D eigenvalue weighted by atomic mass is 10.1. The molecule has 80 valence electrons. The number of fused-ring (bicyclic) bond motifs is 3. The van der Waals surface area contributed by atoms with Crippen LogP contribution in [0.4, 0.5) is 0 Å². The van der Waals surface area contributed by atoms with Crippen molar-refractivity contribution >= 4 is 45.9 Å². The quantitative estimate of drug-likeness (QED) is 0.713. The monoisotopic (exact) mass is 334 g/mol. The van der Waals surface area contributed by atoms with E-state index in [0.717, 1.165) is 19.5 Å². The van der Waals surface area contributed by atoms with Gasteiger partial charge in [0, 0.05) is 34.2 Å². The number of aromatic amines is 1. The van der Waals surface area contributed by atoms with Gasteiger partial charge >= 0.3 is 0 Å². The van der Waals surface area contributed by atoms with Crippen molar-refractivity contribution in [3.05, 3.63) is 33.0 Å². The van der Waals surface area contributed by atoms with Gasteiger partial charge in [0.05, 0.1) is 5.52 Å². The summed E-state index contributed by atoms with van der Waals surface area (Å²) >= 11 is 2.39. The van der Waals surface area contributed by atoms with E-state index in [2.05, 4.69) is 51.1 Å². The van der Waals surface area contributed by atoms with Crippen molar-refractivity contribution < 1.29 is 0 Å². The molecule has 0 radical (unpaired) electrons. The normalized spacial score (nSPS) is 14.7. The van der Waals surface area contributed by atoms with Gasteiger partial charge in [-0.3, -0.25) is 0 Å². The van der Waals surface area contributed by atoms with Crippen LogP contribution in [-0.2, 0) is 13.0 Å². The third-order valence-electron chi connectivity index (χ3n) is 2.83. The van der Waals surface area contributed by atoms with Crippen LogP contribution in [-0.4, -0.2) is 11.5 Å². The molecule has 0 fully saturated rings. The molecule has 2 nitrogen and oxygen atoms in total. The van der Waals surface area contributed by atoms with Crippen molar-refractivity contribution in [1.29, 1.82) is 0 Å². The first-order valence-corrected chi connectivity index (χ1v) is 5.93. The van der Waals surface area contributed by atoms with Gasteiger partial charge in [0.15, 0.2) is 0 Å². The van der Waals surface area contributed by atoms with Crippen molar-refractivity contribution in [3.8, 4) is 0 Å². The third kappa shape index (κ3) is 1.77. The Balaban J connectivity index is 0.000000853. The van der Waals surface area contributed by atoms with E-state index in [1.807, 2.05) is 0 Å². The predicted octanol–water partition coefficient (Wildman–Crippen LogP) is 2.84. The van der Waals surface area contributed by atoms with E-state index in [4.69, 9.17) is 0 Å². The molecule has 4 heteroatoms. The summed E-state index contributed by atoms with van der Waals surface area (Å²) in [6.45, 7) is 2.10. The van der Waals surface area contributed by atoms with Gasteiger partial charge in [-0.05, 0) is 34.2 Å². The Morgan fingerprint density at radius 1 is 1.27 bits per heavy atom. The number of benzene rings is 1. The van der Waals surface area contributed by atoms with E-state index >= 15 is 0 Å². The Morgan fingerprint density at radius 2 is 2.13 bits per heavy atom. The van der Waals surface area contributed by atoms with E-state index < -0.39 is 0 Å². The van der Waals surface area contributed by atoms with Gasteiger partial charge < -0.3 is 10.3 Å². The number of aromatic nitrogens is 1. The van der Waals surface area contributed by atoms with E-state index in [9.17, 15) is 0 Å². The van der Waals surface area contributed by atoms with E-state index in [1.165, 1.54) is 25.7 Å². The van der Waals surface area contributed by atoms with Gasteiger partial charge in [0.2, 0.25) is 0 Å². The third-order valence-corrected chi connectivity index (χ3v) is 3.73. The van der Waals surface area contributed by atoms with Crippen LogP contribution in [0.15, 0.2) is 18.2 Å². The highest BCUT2D eigenvalue weighted by Crippen LogP contribution is 2.27. The Morgan fingerprint density at radius 3 is 3.00 bits per heavy atom. The van der Waals surface area contributed by atoms with Crippen LogP contribution in [0, 0.1) is 3.57 Å². The summed E-state index contributed by atoms with van der Waals surface area (Å²) in [6, 6.07) is 6.49. The molecule has 0 atom stereocenters. The van der Waals surface area contributed by atoms with Gasteiger partial charge in [-0.15, -0.1) is 12.4 Å². The lowest BCUT2D eigenvalue weighted by Gasteiger charge is -2.12. The highest BCUT2D eigenvalue weighted by atomic mass is 127. The first-order valence-electron chi connectivity index (χ1n) is 4.85. The summed E-state index contributed by atoms with van der Waals surface area (Å²) in [5.41, 5.74) is 4.19. The van der Waals surface area contributed by atoms with Crippen LogP contribution in [0.2, 0.25) is 0 Å². The maximum atomic E-state index is 3.54. The first kappa shape index (κ1) is 11.2. The summed E-state index contributed by atoms with van der Waals surface area (Å²) in [6.07, 6.45) is 1.13. The minimum Gasteiger partial charge on any atom is -0.357 e.